The molecule has 0 fully saturated rings. The molecule has 0 aliphatic carbocycles. The number of rotatable bonds is 7. The fraction of sp³-hybridized carbons (Fsp3) is 0.208. The van der Waals surface area contributed by atoms with Crippen LogP contribution in [0.4, 0.5) is 10.1 Å². The summed E-state index contributed by atoms with van der Waals surface area (Å²) in [5.74, 6) is -1.31. The number of amides is 1. The van der Waals surface area contributed by atoms with Gasteiger partial charge in [0.05, 0.1) is 17.1 Å². The maximum Gasteiger partial charge on any atom is 0.226 e. The molecule has 2 aromatic carbocycles. The van der Waals surface area contributed by atoms with E-state index in [9.17, 15) is 14.4 Å². The minimum absolute atomic E-state index is 0.0916. The summed E-state index contributed by atoms with van der Waals surface area (Å²) >= 11 is 6.56. The van der Waals surface area contributed by atoms with Gasteiger partial charge >= 0.3 is 0 Å². The molecule has 0 bridgehead atoms. The van der Waals surface area contributed by atoms with Crippen LogP contribution in [0.2, 0.25) is 5.02 Å². The number of carbonyl (C=O) groups is 1. The predicted molar refractivity (Wildman–Crippen MR) is 130 cm³/mol. The fourth-order valence-electron chi connectivity index (χ4n) is 3.41. The van der Waals surface area contributed by atoms with Crippen molar-refractivity contribution in [2.45, 2.75) is 32.9 Å². The van der Waals surface area contributed by atoms with Gasteiger partial charge < -0.3 is 22.0 Å². The summed E-state index contributed by atoms with van der Waals surface area (Å²) in [6, 6.07) is 12.4. The number of nitrogens with one attached hydrogen (secondary N) is 2. The maximum atomic E-state index is 14.3. The van der Waals surface area contributed by atoms with E-state index in [1.165, 1.54) is 18.2 Å². The summed E-state index contributed by atoms with van der Waals surface area (Å²) in [6.45, 7) is 3.60. The Balaban J connectivity index is 1.95. The second-order valence-corrected chi connectivity index (χ2v) is 8.41. The lowest BCUT2D eigenvalue weighted by molar-refractivity contribution is -0.120. The van der Waals surface area contributed by atoms with Gasteiger partial charge in [0.1, 0.15) is 11.7 Å². The molecule has 0 spiro atoms. The molecule has 1 heterocycles. The van der Waals surface area contributed by atoms with Crippen molar-refractivity contribution in [2.75, 3.05) is 5.73 Å². The average molecular weight is 485 g/mol. The molecule has 10 heteroatoms. The molecule has 3 rings (SSSR count). The quantitative estimate of drug-likeness (QED) is 0.152. The zero-order chi connectivity index (χ0) is 25.0. The zero-order valence-corrected chi connectivity index (χ0v) is 19.5. The van der Waals surface area contributed by atoms with Gasteiger partial charge in [-0.05, 0) is 37.6 Å². The Morgan fingerprint density at radius 1 is 1.26 bits per heavy atom. The van der Waals surface area contributed by atoms with Crippen molar-refractivity contribution >= 4 is 29.0 Å². The lowest BCUT2D eigenvalue weighted by Crippen LogP contribution is -2.30. The van der Waals surface area contributed by atoms with E-state index in [-0.39, 0.29) is 47.2 Å². The lowest BCUT2D eigenvalue weighted by atomic mass is 10.0. The number of hydrogen-bond acceptors (Lipinski definition) is 5. The smallest absolute Gasteiger partial charge is 0.226 e. The van der Waals surface area contributed by atoms with Crippen LogP contribution in [0.25, 0.3) is 11.1 Å². The monoisotopic (exact) mass is 484 g/mol. The highest BCUT2D eigenvalue weighted by molar-refractivity contribution is 6.33. The standard InChI is InChI=1S/C24H26ClFN6O2/c1-13(2)31-21-10-18(25)23(14-4-3-5-17(27)8-14)20(32(21)34)11-22(33)30-12-16-7-6-15(24(28)29)9-19(16)26/h3-10,13,34H,11-12,27H2,1-2H3,(H3,28,29)(H,30,33). The largest absolute Gasteiger partial charge is 0.427 e. The third kappa shape index (κ3) is 5.74. The van der Waals surface area contributed by atoms with Crippen LogP contribution in [0.3, 0.4) is 0 Å². The Hall–Kier alpha value is -3.85. The van der Waals surface area contributed by atoms with E-state index in [2.05, 4.69) is 10.3 Å². The Bertz CT molecular complexity index is 1320. The van der Waals surface area contributed by atoms with Gasteiger partial charge in [-0.3, -0.25) is 15.2 Å². The number of nitrogens with zero attached hydrogens (tertiary/aromatic N) is 2. The van der Waals surface area contributed by atoms with Gasteiger partial charge in [0, 0.05) is 41.0 Å². The molecule has 1 amide bonds. The number of hydrogen-bond donors (Lipinski definition) is 5. The number of carbonyl (C=O) groups excluding carboxylic acids is 1. The Kier molecular flexibility index (Phi) is 7.57. The van der Waals surface area contributed by atoms with Crippen molar-refractivity contribution < 1.29 is 14.4 Å². The van der Waals surface area contributed by atoms with Crippen LogP contribution in [0.15, 0.2) is 53.5 Å². The molecule has 0 saturated carbocycles. The van der Waals surface area contributed by atoms with Crippen LogP contribution >= 0.6 is 11.6 Å². The number of aromatic nitrogens is 1. The topological polar surface area (TPSA) is 143 Å². The molecule has 3 aromatic rings. The van der Waals surface area contributed by atoms with Gasteiger partial charge in [0.25, 0.3) is 0 Å². The molecule has 0 aliphatic heterocycles. The Morgan fingerprint density at radius 3 is 2.62 bits per heavy atom. The van der Waals surface area contributed by atoms with Gasteiger partial charge in [0.15, 0.2) is 5.49 Å². The van der Waals surface area contributed by atoms with E-state index in [1.54, 1.807) is 24.3 Å². The van der Waals surface area contributed by atoms with Crippen molar-refractivity contribution in [1.29, 1.82) is 5.41 Å². The van der Waals surface area contributed by atoms with Gasteiger partial charge in [-0.15, -0.1) is 0 Å². The minimum Gasteiger partial charge on any atom is -0.427 e. The van der Waals surface area contributed by atoms with E-state index in [4.69, 9.17) is 28.5 Å². The number of benzene rings is 2. The van der Waals surface area contributed by atoms with Crippen molar-refractivity contribution in [2.24, 2.45) is 10.7 Å². The third-order valence-corrected chi connectivity index (χ3v) is 5.29. The van der Waals surface area contributed by atoms with Crippen molar-refractivity contribution in [1.82, 2.24) is 10.0 Å². The first-order valence-corrected chi connectivity index (χ1v) is 10.9. The average Bonchev–Trinajstić information content (AvgIpc) is 2.75. The first kappa shape index (κ1) is 24.8. The van der Waals surface area contributed by atoms with Gasteiger partial charge in [-0.25, -0.2) is 4.39 Å². The molecule has 8 nitrogen and oxygen atoms in total. The first-order chi connectivity index (χ1) is 16.1. The molecule has 0 radical (unpaired) electrons. The summed E-state index contributed by atoms with van der Waals surface area (Å²) in [7, 11) is 0. The normalized spacial score (nSPS) is 11.6. The van der Waals surface area contributed by atoms with E-state index < -0.39 is 11.7 Å². The first-order valence-electron chi connectivity index (χ1n) is 10.5. The highest BCUT2D eigenvalue weighted by Gasteiger charge is 2.19. The maximum absolute atomic E-state index is 14.3. The van der Waals surface area contributed by atoms with Gasteiger partial charge in [-0.1, -0.05) is 35.9 Å². The number of anilines is 1. The third-order valence-electron chi connectivity index (χ3n) is 4.99. The summed E-state index contributed by atoms with van der Waals surface area (Å²) in [4.78, 5) is 17.2. The summed E-state index contributed by atoms with van der Waals surface area (Å²) in [5, 5.41) is 21.2. The number of pyridine rings is 1. The number of halogens is 2. The highest BCUT2D eigenvalue weighted by atomic mass is 35.5. The number of nitrogens with two attached hydrogens (primary N) is 2. The molecular weight excluding hydrogens is 459 g/mol. The molecule has 7 N–H and O–H groups in total. The Morgan fingerprint density at radius 2 is 2.00 bits per heavy atom. The van der Waals surface area contributed by atoms with E-state index in [1.807, 2.05) is 13.8 Å². The second kappa shape index (κ2) is 10.4. The number of nitrogen functional groups attached to an aromatic ring is 2. The van der Waals surface area contributed by atoms with Crippen molar-refractivity contribution in [3.05, 3.63) is 81.7 Å². The van der Waals surface area contributed by atoms with E-state index in [0.29, 0.717) is 21.8 Å². The van der Waals surface area contributed by atoms with Crippen LogP contribution in [0.5, 0.6) is 0 Å². The van der Waals surface area contributed by atoms with Crippen LogP contribution in [0.1, 0.15) is 30.7 Å². The molecule has 0 atom stereocenters. The van der Waals surface area contributed by atoms with Crippen LogP contribution < -0.4 is 22.3 Å². The summed E-state index contributed by atoms with van der Waals surface area (Å²) in [6.07, 6.45) is -0.255. The zero-order valence-electron chi connectivity index (χ0n) is 18.8. The fourth-order valence-corrected chi connectivity index (χ4v) is 3.73. The highest BCUT2D eigenvalue weighted by Crippen LogP contribution is 2.31. The molecule has 0 unspecified atom stereocenters. The molecule has 34 heavy (non-hydrogen) atoms. The molecule has 0 saturated heterocycles. The predicted octanol–water partition coefficient (Wildman–Crippen LogP) is 3.22. The lowest BCUT2D eigenvalue weighted by Gasteiger charge is -2.17. The van der Waals surface area contributed by atoms with Crippen LogP contribution in [0, 0.1) is 11.2 Å². The minimum atomic E-state index is -0.591. The molecular formula is C24H26ClFN6O2. The van der Waals surface area contributed by atoms with Gasteiger partial charge in [0.2, 0.25) is 5.91 Å². The molecule has 1 aromatic heterocycles. The van der Waals surface area contributed by atoms with Crippen LogP contribution in [-0.4, -0.2) is 27.7 Å². The van der Waals surface area contributed by atoms with Crippen molar-refractivity contribution in [3.8, 4) is 11.1 Å². The molecule has 0 aliphatic rings. The second-order valence-electron chi connectivity index (χ2n) is 8.01. The summed E-state index contributed by atoms with van der Waals surface area (Å²) in [5.41, 5.74) is 13.7. The Labute approximate surface area is 201 Å². The SMILES string of the molecule is CC(C)N=c1cc(Cl)c(-c2cccc(N)c2)c(CC(=O)NCc2ccc(C(=N)N)cc2F)n1O. The van der Waals surface area contributed by atoms with Crippen LogP contribution in [-0.2, 0) is 17.8 Å². The van der Waals surface area contributed by atoms with E-state index >= 15 is 0 Å². The van der Waals surface area contributed by atoms with Gasteiger partial charge in [-0.2, -0.15) is 4.73 Å². The summed E-state index contributed by atoms with van der Waals surface area (Å²) < 4.78 is 15.2. The molecule has 178 valence electrons. The van der Waals surface area contributed by atoms with Crippen molar-refractivity contribution in [3.63, 3.8) is 0 Å². The number of amidine groups is 1. The van der Waals surface area contributed by atoms with E-state index in [0.717, 1.165) is 10.8 Å².